The fourth-order valence-electron chi connectivity index (χ4n) is 4.13. The van der Waals surface area contributed by atoms with Gasteiger partial charge in [-0.15, -0.1) is 0 Å². The zero-order chi connectivity index (χ0) is 20.8. The van der Waals surface area contributed by atoms with E-state index in [1.807, 2.05) is 0 Å². The number of carbonyl (C=O) groups is 2. The highest BCUT2D eigenvalue weighted by atomic mass is 16.2. The number of aromatic nitrogens is 1. The Kier molecular flexibility index (Phi) is 7.19. The molecular weight excluding hydrogens is 368 g/mol. The van der Waals surface area contributed by atoms with Crippen molar-refractivity contribution < 1.29 is 9.59 Å². The standard InChI is InChI=1S/C21H32N6O2/c1-14-4-7-16(8-5-14)24-13-19(28)27-10-2-3-18(27)21(29)26-12-15-6-9-17(20(22)23)25-11-15/h6,9,11,14,16,18,24H,2-5,7-8,10,12-13H2,1H3,(H3,22,23)(H,26,29)/t14?,16?,18-/m0/s1. The van der Waals surface area contributed by atoms with Crippen LogP contribution in [0.1, 0.15) is 56.7 Å². The van der Waals surface area contributed by atoms with Gasteiger partial charge in [0.25, 0.3) is 0 Å². The third-order valence-corrected chi connectivity index (χ3v) is 6.00. The molecular formula is C21H32N6O2. The molecule has 1 aliphatic heterocycles. The molecule has 0 unspecified atom stereocenters. The van der Waals surface area contributed by atoms with E-state index < -0.39 is 6.04 Å². The summed E-state index contributed by atoms with van der Waals surface area (Å²) >= 11 is 0. The first-order valence-electron chi connectivity index (χ1n) is 10.5. The van der Waals surface area contributed by atoms with Crippen LogP contribution in [0.25, 0.3) is 0 Å². The van der Waals surface area contributed by atoms with Gasteiger partial charge in [0, 0.05) is 25.3 Å². The number of hydrogen-bond acceptors (Lipinski definition) is 5. The smallest absolute Gasteiger partial charge is 0.243 e. The number of pyridine rings is 1. The largest absolute Gasteiger partial charge is 0.382 e. The van der Waals surface area contributed by atoms with Crippen molar-refractivity contribution >= 4 is 17.6 Å². The maximum atomic E-state index is 12.7. The zero-order valence-corrected chi connectivity index (χ0v) is 17.1. The van der Waals surface area contributed by atoms with Crippen LogP contribution in [-0.2, 0) is 16.1 Å². The highest BCUT2D eigenvalue weighted by Crippen LogP contribution is 2.23. The molecule has 0 radical (unpaired) electrons. The van der Waals surface area contributed by atoms with E-state index in [1.54, 1.807) is 23.2 Å². The molecule has 1 saturated carbocycles. The predicted octanol–water partition coefficient (Wildman–Crippen LogP) is 1.14. The van der Waals surface area contributed by atoms with Crippen LogP contribution in [0.3, 0.4) is 0 Å². The van der Waals surface area contributed by atoms with E-state index in [-0.39, 0.29) is 17.6 Å². The molecule has 0 spiro atoms. The number of nitrogens with zero attached hydrogens (tertiary/aromatic N) is 2. The van der Waals surface area contributed by atoms with E-state index in [0.717, 1.165) is 30.7 Å². The monoisotopic (exact) mass is 400 g/mol. The van der Waals surface area contributed by atoms with Gasteiger partial charge >= 0.3 is 0 Å². The number of likely N-dealkylation sites (tertiary alicyclic amines) is 1. The minimum atomic E-state index is -0.403. The molecule has 1 saturated heterocycles. The van der Waals surface area contributed by atoms with Crippen LogP contribution in [0.4, 0.5) is 0 Å². The minimum absolute atomic E-state index is 0.00810. The molecule has 3 rings (SSSR count). The fourth-order valence-corrected chi connectivity index (χ4v) is 4.13. The van der Waals surface area contributed by atoms with Crippen LogP contribution >= 0.6 is 0 Å². The van der Waals surface area contributed by atoms with Gasteiger partial charge in [-0.3, -0.25) is 20.0 Å². The Morgan fingerprint density at radius 1 is 1.24 bits per heavy atom. The van der Waals surface area contributed by atoms with Gasteiger partial charge in [0.1, 0.15) is 17.6 Å². The lowest BCUT2D eigenvalue weighted by Crippen LogP contribution is -2.49. The highest BCUT2D eigenvalue weighted by Gasteiger charge is 2.34. The Balaban J connectivity index is 1.46. The Bertz CT molecular complexity index is 727. The summed E-state index contributed by atoms with van der Waals surface area (Å²) in [5, 5.41) is 13.7. The molecule has 5 N–H and O–H groups in total. The number of hydrogen-bond donors (Lipinski definition) is 4. The Hall–Kier alpha value is -2.48. The first kappa shape index (κ1) is 21.2. The van der Waals surface area contributed by atoms with Gasteiger partial charge in [-0.25, -0.2) is 0 Å². The molecule has 2 amide bonds. The molecule has 1 atom stereocenters. The summed E-state index contributed by atoms with van der Waals surface area (Å²) in [6, 6.07) is 3.46. The average molecular weight is 401 g/mol. The second-order valence-corrected chi connectivity index (χ2v) is 8.27. The molecule has 8 nitrogen and oxygen atoms in total. The number of nitrogens with two attached hydrogens (primary N) is 1. The van der Waals surface area contributed by atoms with Crippen LogP contribution in [0.15, 0.2) is 18.3 Å². The first-order valence-corrected chi connectivity index (χ1v) is 10.5. The Morgan fingerprint density at radius 3 is 2.66 bits per heavy atom. The number of amides is 2. The minimum Gasteiger partial charge on any atom is -0.382 e. The van der Waals surface area contributed by atoms with E-state index >= 15 is 0 Å². The summed E-state index contributed by atoms with van der Waals surface area (Å²) in [5.41, 5.74) is 6.64. The lowest BCUT2D eigenvalue weighted by Gasteiger charge is -2.29. The molecule has 2 heterocycles. The second-order valence-electron chi connectivity index (χ2n) is 8.27. The third kappa shape index (κ3) is 5.76. The summed E-state index contributed by atoms with van der Waals surface area (Å²) in [6.45, 7) is 3.55. The van der Waals surface area contributed by atoms with Crippen LogP contribution in [0.2, 0.25) is 0 Å². The zero-order valence-electron chi connectivity index (χ0n) is 17.1. The van der Waals surface area contributed by atoms with Gasteiger partial charge in [0.05, 0.1) is 6.54 Å². The van der Waals surface area contributed by atoms with Crippen molar-refractivity contribution in [3.8, 4) is 0 Å². The maximum Gasteiger partial charge on any atom is 0.243 e. The van der Waals surface area contributed by atoms with Crippen LogP contribution in [0.5, 0.6) is 0 Å². The molecule has 0 bridgehead atoms. The normalized spacial score (nSPS) is 24.3. The van der Waals surface area contributed by atoms with E-state index in [2.05, 4.69) is 22.5 Å². The molecule has 2 fully saturated rings. The number of amidine groups is 1. The first-order chi connectivity index (χ1) is 13.9. The van der Waals surface area contributed by atoms with E-state index in [0.29, 0.717) is 37.8 Å². The molecule has 0 aromatic carbocycles. The van der Waals surface area contributed by atoms with Crippen molar-refractivity contribution in [1.82, 2.24) is 20.5 Å². The Labute approximate surface area is 172 Å². The lowest BCUT2D eigenvalue weighted by atomic mass is 9.87. The quantitative estimate of drug-likeness (QED) is 0.404. The fraction of sp³-hybridized carbons (Fsp3) is 0.619. The molecule has 158 valence electrons. The van der Waals surface area contributed by atoms with Crippen molar-refractivity contribution in [2.45, 2.75) is 64.1 Å². The van der Waals surface area contributed by atoms with Gasteiger partial charge in [-0.1, -0.05) is 13.0 Å². The van der Waals surface area contributed by atoms with Crippen LogP contribution in [0, 0.1) is 11.3 Å². The summed E-state index contributed by atoms with van der Waals surface area (Å²) in [5.74, 6) is 0.577. The predicted molar refractivity (Wildman–Crippen MR) is 111 cm³/mol. The Morgan fingerprint density at radius 2 is 2.00 bits per heavy atom. The van der Waals surface area contributed by atoms with Crippen LogP contribution < -0.4 is 16.4 Å². The number of carbonyl (C=O) groups excluding carboxylic acids is 2. The van der Waals surface area contributed by atoms with Gasteiger partial charge in [0.2, 0.25) is 11.8 Å². The molecule has 1 aromatic heterocycles. The maximum absolute atomic E-state index is 12.7. The lowest BCUT2D eigenvalue weighted by molar-refractivity contribution is -0.138. The highest BCUT2D eigenvalue weighted by molar-refractivity contribution is 5.93. The molecule has 2 aliphatic rings. The van der Waals surface area contributed by atoms with E-state index in [9.17, 15) is 9.59 Å². The van der Waals surface area contributed by atoms with Crippen molar-refractivity contribution in [1.29, 1.82) is 5.41 Å². The summed E-state index contributed by atoms with van der Waals surface area (Å²) in [6.07, 6.45) is 7.80. The number of rotatable bonds is 7. The summed E-state index contributed by atoms with van der Waals surface area (Å²) in [7, 11) is 0. The summed E-state index contributed by atoms with van der Waals surface area (Å²) < 4.78 is 0. The van der Waals surface area contributed by atoms with Gasteiger partial charge in [-0.05, 0) is 56.1 Å². The summed E-state index contributed by atoms with van der Waals surface area (Å²) in [4.78, 5) is 31.1. The number of nitrogens with one attached hydrogen (secondary N) is 3. The van der Waals surface area contributed by atoms with Gasteiger partial charge in [-0.2, -0.15) is 0 Å². The van der Waals surface area contributed by atoms with Gasteiger partial charge in [0.15, 0.2) is 0 Å². The van der Waals surface area contributed by atoms with Crippen molar-refractivity contribution in [2.75, 3.05) is 13.1 Å². The SMILES string of the molecule is CC1CCC(NCC(=O)N2CCC[C@H]2C(=O)NCc2ccc(C(=N)N)nc2)CC1. The van der Waals surface area contributed by atoms with Crippen LogP contribution in [-0.4, -0.2) is 52.7 Å². The van der Waals surface area contributed by atoms with Crippen molar-refractivity contribution in [2.24, 2.45) is 11.7 Å². The third-order valence-electron chi connectivity index (χ3n) is 6.00. The molecule has 1 aliphatic carbocycles. The second kappa shape index (κ2) is 9.82. The van der Waals surface area contributed by atoms with Crippen molar-refractivity contribution in [3.05, 3.63) is 29.6 Å². The van der Waals surface area contributed by atoms with Crippen molar-refractivity contribution in [3.63, 3.8) is 0 Å². The molecule has 1 aromatic rings. The molecule has 29 heavy (non-hydrogen) atoms. The van der Waals surface area contributed by atoms with Gasteiger partial charge < -0.3 is 21.3 Å². The molecule has 8 heteroatoms. The number of nitrogen functional groups attached to an aromatic ring is 1. The average Bonchev–Trinajstić information content (AvgIpc) is 3.22. The topological polar surface area (TPSA) is 124 Å². The van der Waals surface area contributed by atoms with E-state index in [1.165, 1.54) is 12.8 Å². The van der Waals surface area contributed by atoms with E-state index in [4.69, 9.17) is 11.1 Å².